The van der Waals surface area contributed by atoms with Crippen LogP contribution in [0, 0.1) is 6.92 Å². The average molecular weight is 198 g/mol. The van der Waals surface area contributed by atoms with Gasteiger partial charge in [0, 0.05) is 17.8 Å². The minimum atomic E-state index is 0.296. The lowest BCUT2D eigenvalue weighted by Gasteiger charge is -2.05. The van der Waals surface area contributed by atoms with E-state index < -0.39 is 0 Å². The summed E-state index contributed by atoms with van der Waals surface area (Å²) in [5.41, 5.74) is 3.13. The summed E-state index contributed by atoms with van der Waals surface area (Å²) in [6.07, 6.45) is 3.70. The number of rotatable bonds is 0. The summed E-state index contributed by atoms with van der Waals surface area (Å²) in [5, 5.41) is 10.5. The molecule has 2 aromatic heterocycles. The normalized spacial score (nSPS) is 11.3. The van der Waals surface area contributed by atoms with Crippen LogP contribution in [0.1, 0.15) is 5.56 Å². The van der Waals surface area contributed by atoms with Crippen molar-refractivity contribution in [3.63, 3.8) is 0 Å². The fourth-order valence-electron chi connectivity index (χ4n) is 1.95. The minimum Gasteiger partial charge on any atom is -0.508 e. The number of pyridine rings is 1. The number of aromatic nitrogens is 2. The van der Waals surface area contributed by atoms with Crippen molar-refractivity contribution in [3.05, 3.63) is 42.2 Å². The predicted octanol–water partition coefficient (Wildman–Crippen LogP) is 2.50. The smallest absolute Gasteiger partial charge is 0.137 e. The van der Waals surface area contributed by atoms with Crippen molar-refractivity contribution < 1.29 is 5.11 Å². The van der Waals surface area contributed by atoms with E-state index in [1.807, 2.05) is 29.7 Å². The topological polar surface area (TPSA) is 37.5 Å². The Morgan fingerprint density at radius 3 is 3.00 bits per heavy atom. The van der Waals surface area contributed by atoms with Gasteiger partial charge in [0.15, 0.2) is 0 Å². The van der Waals surface area contributed by atoms with Crippen molar-refractivity contribution in [1.82, 2.24) is 9.38 Å². The van der Waals surface area contributed by atoms with Gasteiger partial charge >= 0.3 is 0 Å². The molecule has 0 aliphatic carbocycles. The molecular formula is C12H10N2O. The molecular weight excluding hydrogens is 188 g/mol. The Bertz CT molecular complexity index is 655. The van der Waals surface area contributed by atoms with Crippen molar-refractivity contribution in [1.29, 1.82) is 0 Å². The summed E-state index contributed by atoms with van der Waals surface area (Å²) in [7, 11) is 0. The summed E-state index contributed by atoms with van der Waals surface area (Å²) in [5.74, 6) is 0.296. The number of aryl methyl sites for hydroxylation is 1. The third kappa shape index (κ3) is 1.09. The van der Waals surface area contributed by atoms with Crippen molar-refractivity contribution in [2.75, 3.05) is 0 Å². The molecule has 0 fully saturated rings. The number of hydrogen-bond acceptors (Lipinski definition) is 2. The Kier molecular flexibility index (Phi) is 1.51. The Labute approximate surface area is 86.6 Å². The lowest BCUT2D eigenvalue weighted by atomic mass is 10.1. The van der Waals surface area contributed by atoms with Crippen LogP contribution in [0.15, 0.2) is 36.7 Å². The second kappa shape index (κ2) is 2.73. The number of phenols is 1. The molecule has 3 aromatic rings. The van der Waals surface area contributed by atoms with Crippen LogP contribution < -0.4 is 0 Å². The zero-order valence-electron chi connectivity index (χ0n) is 8.31. The zero-order chi connectivity index (χ0) is 10.4. The van der Waals surface area contributed by atoms with Crippen LogP contribution in [0.4, 0.5) is 0 Å². The van der Waals surface area contributed by atoms with Crippen LogP contribution in [0.5, 0.6) is 5.75 Å². The lowest BCUT2D eigenvalue weighted by Crippen LogP contribution is -1.89. The van der Waals surface area contributed by atoms with Crippen LogP contribution in [-0.4, -0.2) is 14.5 Å². The Morgan fingerprint density at radius 1 is 1.27 bits per heavy atom. The highest BCUT2D eigenvalue weighted by Crippen LogP contribution is 2.24. The molecule has 0 aliphatic heterocycles. The molecule has 0 radical (unpaired) electrons. The molecule has 0 unspecified atom stereocenters. The molecule has 0 atom stereocenters. The maximum absolute atomic E-state index is 9.45. The van der Waals surface area contributed by atoms with E-state index in [1.54, 1.807) is 18.3 Å². The molecule has 15 heavy (non-hydrogen) atoms. The molecule has 3 heteroatoms. The second-order valence-electron chi connectivity index (χ2n) is 3.68. The number of phenolic OH excluding ortho intramolecular Hbond substituents is 1. The summed E-state index contributed by atoms with van der Waals surface area (Å²) in [4.78, 5) is 4.25. The molecule has 1 aromatic carbocycles. The minimum absolute atomic E-state index is 0.296. The summed E-state index contributed by atoms with van der Waals surface area (Å²) in [6, 6.07) is 7.40. The van der Waals surface area contributed by atoms with E-state index in [1.165, 1.54) is 0 Å². The summed E-state index contributed by atoms with van der Waals surface area (Å²) >= 11 is 0. The van der Waals surface area contributed by atoms with E-state index >= 15 is 0 Å². The first-order valence-electron chi connectivity index (χ1n) is 4.81. The SMILES string of the molecule is Cc1cc2nccn2c2ccc(O)cc12. The number of aromatic hydroxyl groups is 1. The van der Waals surface area contributed by atoms with Gasteiger partial charge in [-0.3, -0.25) is 4.40 Å². The molecule has 0 spiro atoms. The fraction of sp³-hybridized carbons (Fsp3) is 0.0833. The third-order valence-electron chi connectivity index (χ3n) is 2.68. The van der Waals surface area contributed by atoms with E-state index in [0.717, 1.165) is 22.1 Å². The van der Waals surface area contributed by atoms with E-state index in [4.69, 9.17) is 0 Å². The molecule has 1 N–H and O–H groups in total. The highest BCUT2D eigenvalue weighted by molar-refractivity contribution is 5.86. The van der Waals surface area contributed by atoms with Gasteiger partial charge in [0.2, 0.25) is 0 Å². The number of fused-ring (bicyclic) bond motifs is 3. The van der Waals surface area contributed by atoms with Gasteiger partial charge in [0.05, 0.1) is 5.52 Å². The maximum Gasteiger partial charge on any atom is 0.137 e. The standard InChI is InChI=1S/C12H10N2O/c1-8-6-12-13-4-5-14(12)11-3-2-9(15)7-10(8)11/h2-7,15H,1H3. The highest BCUT2D eigenvalue weighted by Gasteiger charge is 2.04. The first kappa shape index (κ1) is 8.29. The van der Waals surface area contributed by atoms with Gasteiger partial charge < -0.3 is 5.11 Å². The van der Waals surface area contributed by atoms with Gasteiger partial charge in [0.1, 0.15) is 11.4 Å². The first-order valence-corrected chi connectivity index (χ1v) is 4.81. The quantitative estimate of drug-likeness (QED) is 0.602. The zero-order valence-corrected chi connectivity index (χ0v) is 8.31. The van der Waals surface area contributed by atoms with Gasteiger partial charge in [-0.1, -0.05) is 0 Å². The molecule has 0 saturated carbocycles. The van der Waals surface area contributed by atoms with Gasteiger partial charge in [-0.2, -0.15) is 0 Å². The fourth-order valence-corrected chi connectivity index (χ4v) is 1.95. The number of benzene rings is 1. The third-order valence-corrected chi connectivity index (χ3v) is 2.68. The van der Waals surface area contributed by atoms with E-state index in [-0.39, 0.29) is 0 Å². The largest absolute Gasteiger partial charge is 0.508 e. The molecule has 0 saturated heterocycles. The highest BCUT2D eigenvalue weighted by atomic mass is 16.3. The molecule has 3 nitrogen and oxygen atoms in total. The van der Waals surface area contributed by atoms with Crippen LogP contribution in [-0.2, 0) is 0 Å². The van der Waals surface area contributed by atoms with E-state index in [0.29, 0.717) is 5.75 Å². The summed E-state index contributed by atoms with van der Waals surface area (Å²) in [6.45, 7) is 2.02. The summed E-state index contributed by atoms with van der Waals surface area (Å²) < 4.78 is 2.02. The van der Waals surface area contributed by atoms with Crippen LogP contribution in [0.25, 0.3) is 16.6 Å². The van der Waals surface area contributed by atoms with Crippen LogP contribution >= 0.6 is 0 Å². The molecule has 0 bridgehead atoms. The Morgan fingerprint density at radius 2 is 2.13 bits per heavy atom. The second-order valence-corrected chi connectivity index (χ2v) is 3.68. The average Bonchev–Trinajstić information content (AvgIpc) is 2.66. The van der Waals surface area contributed by atoms with Gasteiger partial charge in [-0.15, -0.1) is 0 Å². The van der Waals surface area contributed by atoms with E-state index in [9.17, 15) is 5.11 Å². The van der Waals surface area contributed by atoms with Crippen molar-refractivity contribution in [3.8, 4) is 5.75 Å². The Hall–Kier alpha value is -2.03. The van der Waals surface area contributed by atoms with Crippen LogP contribution in [0.2, 0.25) is 0 Å². The number of nitrogens with zero attached hydrogens (tertiary/aromatic N) is 2. The Balaban J connectivity index is 2.61. The van der Waals surface area contributed by atoms with Gasteiger partial charge in [0.25, 0.3) is 0 Å². The van der Waals surface area contributed by atoms with Crippen LogP contribution in [0.3, 0.4) is 0 Å². The molecule has 3 rings (SSSR count). The first-order chi connectivity index (χ1) is 7.25. The molecule has 0 amide bonds. The monoisotopic (exact) mass is 198 g/mol. The number of imidazole rings is 1. The molecule has 0 aliphatic rings. The molecule has 74 valence electrons. The van der Waals surface area contributed by atoms with Crippen molar-refractivity contribution in [2.45, 2.75) is 6.92 Å². The van der Waals surface area contributed by atoms with Crippen molar-refractivity contribution >= 4 is 16.6 Å². The maximum atomic E-state index is 9.45. The van der Waals surface area contributed by atoms with Crippen molar-refractivity contribution in [2.24, 2.45) is 0 Å². The lowest BCUT2D eigenvalue weighted by molar-refractivity contribution is 0.476. The number of hydrogen-bond donors (Lipinski definition) is 1. The predicted molar refractivity (Wildman–Crippen MR) is 59.1 cm³/mol. The molecule has 2 heterocycles. The van der Waals surface area contributed by atoms with Gasteiger partial charge in [-0.05, 0) is 36.8 Å². The van der Waals surface area contributed by atoms with E-state index in [2.05, 4.69) is 4.98 Å². The van der Waals surface area contributed by atoms with Gasteiger partial charge in [-0.25, -0.2) is 4.98 Å².